The minimum atomic E-state index is 0.634. The van der Waals surface area contributed by atoms with E-state index in [1.807, 2.05) is 6.92 Å². The van der Waals surface area contributed by atoms with E-state index < -0.39 is 0 Å². The lowest BCUT2D eigenvalue weighted by Gasteiger charge is -1.87. The number of aromatic amines is 1. The number of nitrogen functional groups attached to an aromatic ring is 1. The van der Waals surface area contributed by atoms with Crippen LogP contribution in [0.25, 0.3) is 0 Å². The van der Waals surface area contributed by atoms with E-state index in [0.717, 1.165) is 17.8 Å². The summed E-state index contributed by atoms with van der Waals surface area (Å²) in [5.74, 6) is 5.78. The Labute approximate surface area is 59.8 Å². The number of imidazole rings is 1. The van der Waals surface area contributed by atoms with Gasteiger partial charge in [0.1, 0.15) is 0 Å². The molecule has 0 spiro atoms. The standard InChI is InChI=1S/C6H12N4/c1-3-5-4(2)8-6(9-5)10-7/h3,7H2,1-2H3,(H2,8,9,10). The van der Waals surface area contributed by atoms with Gasteiger partial charge in [0.05, 0.1) is 5.69 Å². The van der Waals surface area contributed by atoms with Gasteiger partial charge in [-0.25, -0.2) is 10.8 Å². The number of anilines is 1. The van der Waals surface area contributed by atoms with Gasteiger partial charge in [-0.3, -0.25) is 5.43 Å². The fraction of sp³-hybridized carbons (Fsp3) is 0.500. The number of rotatable bonds is 2. The molecule has 1 rings (SSSR count). The number of H-pyrrole nitrogens is 1. The minimum Gasteiger partial charge on any atom is -0.327 e. The average Bonchev–Trinajstić information content (AvgIpc) is 2.30. The van der Waals surface area contributed by atoms with Crippen molar-refractivity contribution >= 4 is 5.95 Å². The Kier molecular flexibility index (Phi) is 1.91. The van der Waals surface area contributed by atoms with E-state index in [1.54, 1.807) is 0 Å². The van der Waals surface area contributed by atoms with Gasteiger partial charge in [0.2, 0.25) is 5.95 Å². The minimum absolute atomic E-state index is 0.634. The zero-order valence-electron chi connectivity index (χ0n) is 6.23. The molecular weight excluding hydrogens is 128 g/mol. The fourth-order valence-corrected chi connectivity index (χ4v) is 0.909. The van der Waals surface area contributed by atoms with Gasteiger partial charge in [-0.1, -0.05) is 6.92 Å². The summed E-state index contributed by atoms with van der Waals surface area (Å²) in [6, 6.07) is 0. The zero-order valence-corrected chi connectivity index (χ0v) is 6.23. The second-order valence-electron chi connectivity index (χ2n) is 2.15. The Morgan fingerprint density at radius 1 is 1.70 bits per heavy atom. The van der Waals surface area contributed by atoms with Gasteiger partial charge in [0, 0.05) is 5.69 Å². The van der Waals surface area contributed by atoms with Crippen molar-refractivity contribution in [3.63, 3.8) is 0 Å². The first-order valence-electron chi connectivity index (χ1n) is 3.30. The van der Waals surface area contributed by atoms with Gasteiger partial charge in [0.15, 0.2) is 0 Å². The molecule has 0 saturated carbocycles. The highest BCUT2D eigenvalue weighted by Gasteiger charge is 2.01. The highest BCUT2D eigenvalue weighted by Crippen LogP contribution is 2.07. The molecule has 0 fully saturated rings. The molecule has 0 saturated heterocycles. The summed E-state index contributed by atoms with van der Waals surface area (Å²) in [4.78, 5) is 7.15. The molecule has 0 aliphatic heterocycles. The maximum Gasteiger partial charge on any atom is 0.215 e. The monoisotopic (exact) mass is 140 g/mol. The van der Waals surface area contributed by atoms with Crippen LogP contribution in [0.3, 0.4) is 0 Å². The summed E-state index contributed by atoms with van der Waals surface area (Å²) in [5.41, 5.74) is 4.60. The zero-order chi connectivity index (χ0) is 7.56. The second-order valence-corrected chi connectivity index (χ2v) is 2.15. The number of hydrogen-bond donors (Lipinski definition) is 3. The molecule has 1 aromatic heterocycles. The van der Waals surface area contributed by atoms with Gasteiger partial charge in [-0.2, -0.15) is 0 Å². The average molecular weight is 140 g/mol. The maximum absolute atomic E-state index is 5.14. The molecule has 1 heterocycles. The Morgan fingerprint density at radius 3 is 2.70 bits per heavy atom. The molecule has 0 amide bonds. The van der Waals surface area contributed by atoms with E-state index in [4.69, 9.17) is 5.84 Å². The lowest BCUT2D eigenvalue weighted by atomic mass is 10.3. The summed E-state index contributed by atoms with van der Waals surface area (Å²) in [7, 11) is 0. The Balaban J connectivity index is 2.92. The first-order valence-corrected chi connectivity index (χ1v) is 3.30. The van der Waals surface area contributed by atoms with Gasteiger partial charge < -0.3 is 4.98 Å². The number of nitrogens with two attached hydrogens (primary N) is 1. The Hall–Kier alpha value is -1.03. The van der Waals surface area contributed by atoms with E-state index in [0.29, 0.717) is 5.95 Å². The third-order valence-corrected chi connectivity index (χ3v) is 1.46. The van der Waals surface area contributed by atoms with Crippen molar-refractivity contribution in [3.05, 3.63) is 11.4 Å². The lowest BCUT2D eigenvalue weighted by molar-refractivity contribution is 1.04. The van der Waals surface area contributed by atoms with Gasteiger partial charge >= 0.3 is 0 Å². The molecule has 4 nitrogen and oxygen atoms in total. The van der Waals surface area contributed by atoms with Crippen molar-refractivity contribution in [2.75, 3.05) is 5.43 Å². The van der Waals surface area contributed by atoms with E-state index >= 15 is 0 Å². The molecule has 0 aliphatic carbocycles. The van der Waals surface area contributed by atoms with Crippen LogP contribution in [0.1, 0.15) is 18.3 Å². The predicted octanol–water partition coefficient (Wildman–Crippen LogP) is 0.566. The molecule has 0 radical (unpaired) electrons. The predicted molar refractivity (Wildman–Crippen MR) is 40.5 cm³/mol. The third-order valence-electron chi connectivity index (χ3n) is 1.46. The smallest absolute Gasteiger partial charge is 0.215 e. The summed E-state index contributed by atoms with van der Waals surface area (Å²) < 4.78 is 0. The molecule has 4 heteroatoms. The molecule has 0 aromatic carbocycles. The first kappa shape index (κ1) is 7.08. The van der Waals surface area contributed by atoms with Crippen molar-refractivity contribution in [1.82, 2.24) is 9.97 Å². The maximum atomic E-state index is 5.14. The van der Waals surface area contributed by atoms with Crippen LogP contribution in [0.5, 0.6) is 0 Å². The van der Waals surface area contributed by atoms with Crippen LogP contribution in [-0.4, -0.2) is 9.97 Å². The highest BCUT2D eigenvalue weighted by molar-refractivity contribution is 5.28. The van der Waals surface area contributed by atoms with E-state index in [1.165, 1.54) is 0 Å². The fourth-order valence-electron chi connectivity index (χ4n) is 0.909. The van der Waals surface area contributed by atoms with Crippen LogP contribution >= 0.6 is 0 Å². The van der Waals surface area contributed by atoms with Crippen LogP contribution in [0.2, 0.25) is 0 Å². The van der Waals surface area contributed by atoms with E-state index in [2.05, 4.69) is 22.3 Å². The quantitative estimate of drug-likeness (QED) is 0.415. The second kappa shape index (κ2) is 2.70. The van der Waals surface area contributed by atoms with Crippen LogP contribution in [0.15, 0.2) is 0 Å². The molecular formula is C6H12N4. The van der Waals surface area contributed by atoms with Crippen LogP contribution in [0.4, 0.5) is 5.95 Å². The summed E-state index contributed by atoms with van der Waals surface area (Å²) >= 11 is 0. The highest BCUT2D eigenvalue weighted by atomic mass is 15.3. The van der Waals surface area contributed by atoms with Crippen molar-refractivity contribution in [2.24, 2.45) is 5.84 Å². The topological polar surface area (TPSA) is 66.7 Å². The largest absolute Gasteiger partial charge is 0.327 e. The summed E-state index contributed by atoms with van der Waals surface area (Å²) in [6.45, 7) is 4.04. The Morgan fingerprint density at radius 2 is 2.40 bits per heavy atom. The molecule has 0 bridgehead atoms. The number of nitrogens with zero attached hydrogens (tertiary/aromatic N) is 1. The Bertz CT molecular complexity index is 216. The van der Waals surface area contributed by atoms with Crippen LogP contribution in [0, 0.1) is 6.92 Å². The first-order chi connectivity index (χ1) is 4.77. The van der Waals surface area contributed by atoms with Crippen molar-refractivity contribution in [3.8, 4) is 0 Å². The number of hydrazine groups is 1. The normalized spacial score (nSPS) is 9.90. The van der Waals surface area contributed by atoms with Crippen LogP contribution in [-0.2, 0) is 6.42 Å². The number of nitrogens with one attached hydrogen (secondary N) is 2. The van der Waals surface area contributed by atoms with Crippen molar-refractivity contribution in [1.29, 1.82) is 0 Å². The number of hydrogen-bond acceptors (Lipinski definition) is 3. The van der Waals surface area contributed by atoms with Gasteiger partial charge in [-0.05, 0) is 13.3 Å². The number of aromatic nitrogens is 2. The molecule has 56 valence electrons. The van der Waals surface area contributed by atoms with Crippen molar-refractivity contribution in [2.45, 2.75) is 20.3 Å². The molecule has 10 heavy (non-hydrogen) atoms. The SMILES string of the molecule is CCc1nc(NN)[nH]c1C. The lowest BCUT2D eigenvalue weighted by Crippen LogP contribution is -2.08. The summed E-state index contributed by atoms with van der Waals surface area (Å²) in [6.07, 6.45) is 0.935. The summed E-state index contributed by atoms with van der Waals surface area (Å²) in [5, 5.41) is 0. The molecule has 0 atom stereocenters. The molecule has 4 N–H and O–H groups in total. The number of aryl methyl sites for hydroxylation is 2. The van der Waals surface area contributed by atoms with Crippen LogP contribution < -0.4 is 11.3 Å². The van der Waals surface area contributed by atoms with Crippen molar-refractivity contribution < 1.29 is 0 Å². The van der Waals surface area contributed by atoms with Gasteiger partial charge in [-0.15, -0.1) is 0 Å². The molecule has 1 aromatic rings. The molecule has 0 aliphatic rings. The van der Waals surface area contributed by atoms with Gasteiger partial charge in [0.25, 0.3) is 0 Å². The van der Waals surface area contributed by atoms with E-state index in [-0.39, 0.29) is 0 Å². The molecule has 0 unspecified atom stereocenters. The third kappa shape index (κ3) is 1.11. The van der Waals surface area contributed by atoms with E-state index in [9.17, 15) is 0 Å².